The van der Waals surface area contributed by atoms with Gasteiger partial charge in [0.05, 0.1) is 25.4 Å². The van der Waals surface area contributed by atoms with Gasteiger partial charge in [-0.1, -0.05) is 44.2 Å². The lowest BCUT2D eigenvalue weighted by molar-refractivity contribution is 0.414. The zero-order valence-corrected chi connectivity index (χ0v) is 13.5. The number of hydrogen-bond donors (Lipinski definition) is 0. The summed E-state index contributed by atoms with van der Waals surface area (Å²) in [5.74, 6) is 1.61. The lowest BCUT2D eigenvalue weighted by atomic mass is 10.1. The SMILES string of the molecule is CC.COc1ccc2c(OC)cc(-c3ccccc3)nc2c1. The Labute approximate surface area is 131 Å². The van der Waals surface area contributed by atoms with E-state index in [1.165, 1.54) is 0 Å². The molecular weight excluding hydrogens is 274 g/mol. The van der Waals surface area contributed by atoms with Gasteiger partial charge >= 0.3 is 0 Å². The van der Waals surface area contributed by atoms with Crippen LogP contribution in [-0.4, -0.2) is 19.2 Å². The van der Waals surface area contributed by atoms with Crippen LogP contribution in [0, 0.1) is 0 Å². The first kappa shape index (κ1) is 15.8. The van der Waals surface area contributed by atoms with Crippen molar-refractivity contribution in [2.75, 3.05) is 14.2 Å². The van der Waals surface area contributed by atoms with E-state index in [0.29, 0.717) is 0 Å². The van der Waals surface area contributed by atoms with Gasteiger partial charge < -0.3 is 9.47 Å². The van der Waals surface area contributed by atoms with Crippen LogP contribution < -0.4 is 9.47 Å². The van der Waals surface area contributed by atoms with Crippen molar-refractivity contribution in [3.8, 4) is 22.8 Å². The van der Waals surface area contributed by atoms with Crippen LogP contribution in [0.3, 0.4) is 0 Å². The standard InChI is InChI=1S/C17H15NO2.C2H6/c1-19-13-8-9-14-16(10-13)18-15(11-17(14)20-2)12-6-4-3-5-7-12;1-2/h3-11H,1-2H3;1-2H3. The summed E-state index contributed by atoms with van der Waals surface area (Å²) in [6.45, 7) is 4.00. The zero-order valence-electron chi connectivity index (χ0n) is 13.5. The highest BCUT2D eigenvalue weighted by Crippen LogP contribution is 2.31. The molecule has 0 bridgehead atoms. The predicted molar refractivity (Wildman–Crippen MR) is 91.6 cm³/mol. The van der Waals surface area contributed by atoms with E-state index in [4.69, 9.17) is 14.5 Å². The van der Waals surface area contributed by atoms with Crippen molar-refractivity contribution in [1.29, 1.82) is 0 Å². The molecule has 0 radical (unpaired) electrons. The van der Waals surface area contributed by atoms with Crippen molar-refractivity contribution in [2.45, 2.75) is 13.8 Å². The second-order valence-electron chi connectivity index (χ2n) is 4.46. The Balaban J connectivity index is 0.000000847. The van der Waals surface area contributed by atoms with Gasteiger partial charge in [-0.2, -0.15) is 0 Å². The van der Waals surface area contributed by atoms with Crippen LogP contribution in [-0.2, 0) is 0 Å². The number of rotatable bonds is 3. The highest BCUT2D eigenvalue weighted by atomic mass is 16.5. The molecule has 22 heavy (non-hydrogen) atoms. The van der Waals surface area contributed by atoms with E-state index in [-0.39, 0.29) is 0 Å². The van der Waals surface area contributed by atoms with Crippen molar-refractivity contribution in [3.05, 3.63) is 54.6 Å². The summed E-state index contributed by atoms with van der Waals surface area (Å²) in [5.41, 5.74) is 2.82. The van der Waals surface area contributed by atoms with Gasteiger partial charge in [0, 0.05) is 23.1 Å². The van der Waals surface area contributed by atoms with Crippen LogP contribution in [0.5, 0.6) is 11.5 Å². The molecule has 0 atom stereocenters. The van der Waals surface area contributed by atoms with Gasteiger partial charge in [0.25, 0.3) is 0 Å². The predicted octanol–water partition coefficient (Wildman–Crippen LogP) is 4.95. The molecular formula is C19H21NO2. The molecule has 0 fully saturated rings. The maximum atomic E-state index is 5.48. The first-order valence-electron chi connectivity index (χ1n) is 7.40. The summed E-state index contributed by atoms with van der Waals surface area (Å²) in [6.07, 6.45) is 0. The molecule has 0 spiro atoms. The summed E-state index contributed by atoms with van der Waals surface area (Å²) < 4.78 is 10.7. The molecule has 3 nitrogen and oxygen atoms in total. The van der Waals surface area contributed by atoms with Crippen molar-refractivity contribution >= 4 is 10.9 Å². The Hall–Kier alpha value is -2.55. The molecule has 1 aromatic heterocycles. The number of benzene rings is 2. The van der Waals surface area contributed by atoms with Gasteiger partial charge in [-0.25, -0.2) is 4.98 Å². The molecule has 1 heterocycles. The quantitative estimate of drug-likeness (QED) is 0.685. The summed E-state index contributed by atoms with van der Waals surface area (Å²) in [5, 5.41) is 0.980. The zero-order chi connectivity index (χ0) is 15.9. The second kappa shape index (κ2) is 7.46. The molecule has 0 N–H and O–H groups in total. The molecule has 0 amide bonds. The van der Waals surface area contributed by atoms with Gasteiger partial charge in [-0.3, -0.25) is 0 Å². The average molecular weight is 295 g/mol. The van der Waals surface area contributed by atoms with E-state index in [0.717, 1.165) is 33.7 Å². The number of aromatic nitrogens is 1. The number of pyridine rings is 1. The minimum atomic E-state index is 0.789. The van der Waals surface area contributed by atoms with Gasteiger partial charge in [0.15, 0.2) is 0 Å². The summed E-state index contributed by atoms with van der Waals surface area (Å²) in [7, 11) is 3.33. The normalized spacial score (nSPS) is 9.82. The Morgan fingerprint density at radius 2 is 1.55 bits per heavy atom. The summed E-state index contributed by atoms with van der Waals surface area (Å²) in [6, 6.07) is 17.8. The van der Waals surface area contributed by atoms with Crippen molar-refractivity contribution in [2.24, 2.45) is 0 Å². The number of nitrogens with zero attached hydrogens (tertiary/aromatic N) is 1. The van der Waals surface area contributed by atoms with Crippen molar-refractivity contribution in [1.82, 2.24) is 4.98 Å². The number of fused-ring (bicyclic) bond motifs is 1. The summed E-state index contributed by atoms with van der Waals surface area (Å²) in [4.78, 5) is 4.70. The molecule has 0 aliphatic rings. The van der Waals surface area contributed by atoms with E-state index in [1.54, 1.807) is 14.2 Å². The third-order valence-electron chi connectivity index (χ3n) is 3.27. The van der Waals surface area contributed by atoms with Crippen LogP contribution in [0.4, 0.5) is 0 Å². The molecule has 3 rings (SSSR count). The molecule has 114 valence electrons. The van der Waals surface area contributed by atoms with Gasteiger partial charge in [-0.15, -0.1) is 0 Å². The number of ether oxygens (including phenoxy) is 2. The second-order valence-corrected chi connectivity index (χ2v) is 4.46. The molecule has 0 aliphatic carbocycles. The Morgan fingerprint density at radius 3 is 2.18 bits per heavy atom. The Morgan fingerprint density at radius 1 is 0.818 bits per heavy atom. The Bertz CT molecular complexity index is 739. The molecule has 0 aliphatic heterocycles. The topological polar surface area (TPSA) is 31.4 Å². The van der Waals surface area contributed by atoms with Crippen molar-refractivity contribution in [3.63, 3.8) is 0 Å². The molecule has 3 heteroatoms. The van der Waals surface area contributed by atoms with Crippen molar-refractivity contribution < 1.29 is 9.47 Å². The fraction of sp³-hybridized carbons (Fsp3) is 0.211. The van der Waals surface area contributed by atoms with E-state index >= 15 is 0 Å². The first-order chi connectivity index (χ1) is 10.8. The van der Waals surface area contributed by atoms with Crippen LogP contribution in [0.25, 0.3) is 22.2 Å². The fourth-order valence-corrected chi connectivity index (χ4v) is 2.23. The van der Waals surface area contributed by atoms with Gasteiger partial charge in [-0.05, 0) is 12.1 Å². The van der Waals surface area contributed by atoms with Crippen LogP contribution in [0.2, 0.25) is 0 Å². The Kier molecular flexibility index (Phi) is 5.37. The van der Waals surface area contributed by atoms with Crippen LogP contribution in [0.15, 0.2) is 54.6 Å². The third-order valence-corrected chi connectivity index (χ3v) is 3.27. The van der Waals surface area contributed by atoms with E-state index in [1.807, 2.05) is 68.4 Å². The minimum Gasteiger partial charge on any atom is -0.497 e. The third kappa shape index (κ3) is 3.19. The number of methoxy groups -OCH3 is 2. The first-order valence-corrected chi connectivity index (χ1v) is 7.40. The monoisotopic (exact) mass is 295 g/mol. The lowest BCUT2D eigenvalue weighted by Gasteiger charge is -2.10. The molecule has 2 aromatic carbocycles. The largest absolute Gasteiger partial charge is 0.497 e. The smallest absolute Gasteiger partial charge is 0.130 e. The molecule has 0 unspecified atom stereocenters. The van der Waals surface area contributed by atoms with E-state index in [2.05, 4.69) is 0 Å². The highest BCUT2D eigenvalue weighted by molar-refractivity contribution is 5.88. The van der Waals surface area contributed by atoms with E-state index < -0.39 is 0 Å². The minimum absolute atomic E-state index is 0.789. The van der Waals surface area contributed by atoms with Crippen LogP contribution in [0.1, 0.15) is 13.8 Å². The molecule has 3 aromatic rings. The van der Waals surface area contributed by atoms with Crippen LogP contribution >= 0.6 is 0 Å². The maximum absolute atomic E-state index is 5.48. The molecule has 0 saturated heterocycles. The maximum Gasteiger partial charge on any atom is 0.130 e. The van der Waals surface area contributed by atoms with Gasteiger partial charge in [0.2, 0.25) is 0 Å². The number of hydrogen-bond acceptors (Lipinski definition) is 3. The molecule has 0 saturated carbocycles. The van der Waals surface area contributed by atoms with Gasteiger partial charge in [0.1, 0.15) is 11.5 Å². The average Bonchev–Trinajstić information content (AvgIpc) is 2.62. The highest BCUT2D eigenvalue weighted by Gasteiger charge is 2.08. The lowest BCUT2D eigenvalue weighted by Crippen LogP contribution is -1.92. The van der Waals surface area contributed by atoms with E-state index in [9.17, 15) is 0 Å². The summed E-state index contributed by atoms with van der Waals surface area (Å²) >= 11 is 0. The fourth-order valence-electron chi connectivity index (χ4n) is 2.23.